The molecule has 2 aliphatic carbocycles. The Morgan fingerprint density at radius 2 is 1.73 bits per heavy atom. The molecule has 9 nitrogen and oxygen atoms in total. The number of anilines is 1. The van der Waals surface area contributed by atoms with E-state index in [1.54, 1.807) is 12.3 Å². The lowest BCUT2D eigenvalue weighted by Crippen LogP contribution is -2.42. The number of carbonyl (C=O) groups excluding carboxylic acids is 1. The zero-order valence-electron chi connectivity index (χ0n) is 23.9. The number of sulfone groups is 1. The van der Waals surface area contributed by atoms with Crippen LogP contribution in [0.2, 0.25) is 0 Å². The summed E-state index contributed by atoms with van der Waals surface area (Å²) in [6.45, 7) is 0.786. The number of alkyl halides is 3. The second-order valence-electron chi connectivity index (χ2n) is 11.8. The number of nitrogens with zero attached hydrogens (tertiary/aromatic N) is 4. The van der Waals surface area contributed by atoms with E-state index in [0.717, 1.165) is 24.1 Å². The summed E-state index contributed by atoms with van der Waals surface area (Å²) >= 11 is 0. The number of nitrogens with one attached hydrogen (secondary N) is 1. The van der Waals surface area contributed by atoms with E-state index in [1.807, 2.05) is 29.2 Å². The first kappa shape index (κ1) is 30.0. The van der Waals surface area contributed by atoms with E-state index in [9.17, 15) is 31.6 Å². The number of halogens is 3. The van der Waals surface area contributed by atoms with Gasteiger partial charge in [-0.05, 0) is 55.5 Å². The molecule has 2 unspecified atom stereocenters. The summed E-state index contributed by atoms with van der Waals surface area (Å²) in [6.07, 6.45) is 0.941. The molecule has 2 atom stereocenters. The molecule has 232 valence electrons. The van der Waals surface area contributed by atoms with E-state index in [1.165, 1.54) is 22.9 Å². The van der Waals surface area contributed by atoms with Gasteiger partial charge in [0.15, 0.2) is 15.6 Å². The van der Waals surface area contributed by atoms with Crippen LogP contribution in [-0.4, -0.2) is 60.6 Å². The molecule has 1 aliphatic heterocycles. The largest absolute Gasteiger partial charge is 0.573 e. The zero-order valence-corrected chi connectivity index (χ0v) is 24.7. The molecule has 13 heteroatoms. The monoisotopic (exact) mass is 627 g/mol. The average Bonchev–Trinajstić information content (AvgIpc) is 3.63. The highest BCUT2D eigenvalue weighted by Crippen LogP contribution is 2.44. The zero-order chi connectivity index (χ0) is 31.1. The van der Waals surface area contributed by atoms with E-state index in [-0.39, 0.29) is 29.0 Å². The van der Waals surface area contributed by atoms with Crippen molar-refractivity contribution in [3.63, 3.8) is 0 Å². The molecule has 0 bridgehead atoms. The van der Waals surface area contributed by atoms with Gasteiger partial charge in [-0.1, -0.05) is 37.1 Å². The van der Waals surface area contributed by atoms with Crippen LogP contribution in [0.4, 0.5) is 18.9 Å². The molecule has 1 N–H and O–H groups in total. The molecule has 0 spiro atoms. The molecule has 6 rings (SSSR count). The quantitative estimate of drug-likeness (QED) is 0.387. The highest BCUT2D eigenvalue weighted by Gasteiger charge is 2.47. The van der Waals surface area contributed by atoms with E-state index in [4.69, 9.17) is 5.10 Å². The summed E-state index contributed by atoms with van der Waals surface area (Å²) in [6, 6.07) is 15.5. The van der Waals surface area contributed by atoms with Gasteiger partial charge in [-0.25, -0.2) is 13.1 Å². The lowest BCUT2D eigenvalue weighted by Gasteiger charge is -2.31. The van der Waals surface area contributed by atoms with Crippen LogP contribution in [0, 0.1) is 17.2 Å². The van der Waals surface area contributed by atoms with Gasteiger partial charge >= 0.3 is 6.36 Å². The van der Waals surface area contributed by atoms with Gasteiger partial charge in [-0.15, -0.1) is 13.2 Å². The average molecular weight is 628 g/mol. The van der Waals surface area contributed by atoms with Gasteiger partial charge in [0.1, 0.15) is 11.2 Å². The lowest BCUT2D eigenvalue weighted by atomic mass is 9.75. The topological polar surface area (TPSA) is 117 Å². The molecule has 3 aliphatic rings. The van der Waals surface area contributed by atoms with Crippen LogP contribution in [0.15, 0.2) is 54.7 Å². The Morgan fingerprint density at radius 1 is 1.05 bits per heavy atom. The van der Waals surface area contributed by atoms with E-state index in [0.29, 0.717) is 50.0 Å². The number of carbonyl (C=O) groups is 1. The Bertz CT molecular complexity index is 1680. The first-order chi connectivity index (χ1) is 21.0. The Labute approximate surface area is 253 Å². The van der Waals surface area contributed by atoms with Crippen molar-refractivity contribution in [2.75, 3.05) is 29.5 Å². The number of benzene rings is 2. The molecule has 44 heavy (non-hydrogen) atoms. The smallest absolute Gasteiger partial charge is 0.403 e. The molecule has 3 aromatic rings. The summed E-state index contributed by atoms with van der Waals surface area (Å²) in [5.41, 5.74) is 2.16. The van der Waals surface area contributed by atoms with Crippen molar-refractivity contribution < 1.29 is 31.1 Å². The van der Waals surface area contributed by atoms with Crippen molar-refractivity contribution >= 4 is 21.4 Å². The number of para-hydroxylation sites is 2. The summed E-state index contributed by atoms with van der Waals surface area (Å²) in [5, 5.41) is 17.3. The molecule has 1 saturated heterocycles. The number of hydrogen-bond donors (Lipinski definition) is 1. The predicted molar refractivity (Wildman–Crippen MR) is 157 cm³/mol. The second-order valence-corrected chi connectivity index (χ2v) is 14.1. The molecular weight excluding hydrogens is 595 g/mol. The van der Waals surface area contributed by atoms with Crippen molar-refractivity contribution in [3.05, 3.63) is 60.4 Å². The van der Waals surface area contributed by atoms with Gasteiger partial charge in [-0.2, -0.15) is 10.4 Å². The van der Waals surface area contributed by atoms with Gasteiger partial charge in [0.2, 0.25) is 5.91 Å². The number of aromatic nitrogens is 2. The first-order valence-corrected chi connectivity index (χ1v) is 16.5. The van der Waals surface area contributed by atoms with Crippen molar-refractivity contribution in [2.24, 2.45) is 5.92 Å². The maximum absolute atomic E-state index is 13.5. The minimum absolute atomic E-state index is 0.0866. The molecular formula is C31H32F3N5O4S. The summed E-state index contributed by atoms with van der Waals surface area (Å²) in [7, 11) is -3.04. The predicted octanol–water partition coefficient (Wildman–Crippen LogP) is 5.12. The Kier molecular flexibility index (Phi) is 7.82. The standard InChI is InChI=1S/C31H32F3N5O4S/c32-31(33,34)43-27-8-4-3-7-26(27)39-19-25(21-9-11-22(12-10-21)38-15-17-44(41,42)18-16-38)28(37-39)23-5-1-2-6-24(23)29(40)36-30(20-35)13-14-30/h3-4,7-12,19,23-24H,1-2,5-6,13-18H2,(H,36,40). The fourth-order valence-electron chi connectivity index (χ4n) is 6.18. The van der Waals surface area contributed by atoms with Crippen LogP contribution in [-0.2, 0) is 14.6 Å². The third-order valence-corrected chi connectivity index (χ3v) is 10.4. The minimum Gasteiger partial charge on any atom is -0.403 e. The van der Waals surface area contributed by atoms with Crippen molar-refractivity contribution in [1.82, 2.24) is 15.1 Å². The molecule has 1 amide bonds. The van der Waals surface area contributed by atoms with Crippen LogP contribution in [0.5, 0.6) is 5.75 Å². The molecule has 3 fully saturated rings. The third kappa shape index (κ3) is 6.40. The molecule has 1 aromatic heterocycles. The fraction of sp³-hybridized carbons (Fsp3) is 0.452. The maximum Gasteiger partial charge on any atom is 0.573 e. The second kappa shape index (κ2) is 11.5. The maximum atomic E-state index is 13.5. The molecule has 2 saturated carbocycles. The summed E-state index contributed by atoms with van der Waals surface area (Å²) in [4.78, 5) is 15.5. The van der Waals surface area contributed by atoms with Gasteiger partial charge in [-0.3, -0.25) is 4.79 Å². The number of hydrogen-bond acceptors (Lipinski definition) is 7. The van der Waals surface area contributed by atoms with Crippen LogP contribution in [0.1, 0.15) is 50.1 Å². The van der Waals surface area contributed by atoms with Crippen molar-refractivity contribution in [1.29, 1.82) is 5.26 Å². The third-order valence-electron chi connectivity index (χ3n) is 8.75. The van der Waals surface area contributed by atoms with Gasteiger partial charge in [0, 0.05) is 42.4 Å². The molecule has 2 aromatic carbocycles. The minimum atomic E-state index is -4.90. The molecule has 2 heterocycles. The normalized spacial score (nSPS) is 22.5. The fourth-order valence-corrected chi connectivity index (χ4v) is 7.38. The van der Waals surface area contributed by atoms with Crippen molar-refractivity contribution in [3.8, 4) is 28.6 Å². The number of amides is 1. The number of ether oxygens (including phenoxy) is 1. The van der Waals surface area contributed by atoms with Crippen LogP contribution in [0.25, 0.3) is 16.8 Å². The summed E-state index contributed by atoms with van der Waals surface area (Å²) in [5.74, 6) is -1.21. The Hall–Kier alpha value is -4.05. The van der Waals surface area contributed by atoms with E-state index < -0.39 is 33.4 Å². The van der Waals surface area contributed by atoms with E-state index >= 15 is 0 Å². The molecule has 0 radical (unpaired) electrons. The number of rotatable bonds is 7. The summed E-state index contributed by atoms with van der Waals surface area (Å²) < 4.78 is 69.3. The van der Waals surface area contributed by atoms with Gasteiger partial charge in [0.25, 0.3) is 0 Å². The van der Waals surface area contributed by atoms with Crippen LogP contribution < -0.4 is 15.0 Å². The highest BCUT2D eigenvalue weighted by atomic mass is 32.2. The Balaban J connectivity index is 1.39. The Morgan fingerprint density at radius 3 is 2.39 bits per heavy atom. The van der Waals surface area contributed by atoms with Crippen molar-refractivity contribution in [2.45, 2.75) is 56.3 Å². The highest BCUT2D eigenvalue weighted by molar-refractivity contribution is 7.91. The van der Waals surface area contributed by atoms with Gasteiger partial charge in [0.05, 0.1) is 23.3 Å². The van der Waals surface area contributed by atoms with Gasteiger partial charge < -0.3 is 15.0 Å². The van der Waals surface area contributed by atoms with Crippen LogP contribution >= 0.6 is 0 Å². The first-order valence-electron chi connectivity index (χ1n) is 14.7. The van der Waals surface area contributed by atoms with E-state index in [2.05, 4.69) is 16.1 Å². The SMILES string of the molecule is N#CC1(NC(=O)C2CCCCC2c2nn(-c3ccccc3OC(F)(F)F)cc2-c2ccc(N3CCS(=O)(=O)CC3)cc2)CC1. The number of nitriles is 1. The lowest BCUT2D eigenvalue weighted by molar-refractivity contribution is -0.274. The van der Waals surface area contributed by atoms with Crippen LogP contribution in [0.3, 0.4) is 0 Å².